The summed E-state index contributed by atoms with van der Waals surface area (Å²) >= 11 is 0. The molecule has 3 heteroatoms. The lowest BCUT2D eigenvalue weighted by atomic mass is 10.1. The molecule has 3 nitrogen and oxygen atoms in total. The van der Waals surface area contributed by atoms with Gasteiger partial charge >= 0.3 is 0 Å². The monoisotopic (exact) mass is 177 g/mol. The highest BCUT2D eigenvalue weighted by Gasteiger charge is 2.18. The molecule has 0 saturated heterocycles. The number of carbonyl (C=O) groups excluding carboxylic acids is 1. The van der Waals surface area contributed by atoms with E-state index < -0.39 is 0 Å². The lowest BCUT2D eigenvalue weighted by Gasteiger charge is -2.01. The summed E-state index contributed by atoms with van der Waals surface area (Å²) in [6, 6.07) is 5.85. The van der Waals surface area contributed by atoms with Crippen LogP contribution < -0.4 is 5.32 Å². The predicted octanol–water partition coefficient (Wildman–Crippen LogP) is 1.08. The van der Waals surface area contributed by atoms with E-state index in [9.17, 15) is 4.79 Å². The fourth-order valence-electron chi connectivity index (χ4n) is 1.52. The molecule has 1 aliphatic heterocycles. The second-order valence-corrected chi connectivity index (χ2v) is 3.11. The fraction of sp³-hybridized carbons (Fsp3) is 0.300. The van der Waals surface area contributed by atoms with E-state index >= 15 is 0 Å². The van der Waals surface area contributed by atoms with Crippen molar-refractivity contribution in [1.82, 2.24) is 5.32 Å². The van der Waals surface area contributed by atoms with Gasteiger partial charge in [-0.25, -0.2) is 0 Å². The van der Waals surface area contributed by atoms with Gasteiger partial charge < -0.3 is 10.1 Å². The molecular formula is C10H11NO2. The zero-order chi connectivity index (χ0) is 9.26. The Balaban J connectivity index is 2.36. The molecule has 1 amide bonds. The van der Waals surface area contributed by atoms with E-state index in [1.807, 2.05) is 18.2 Å². The highest BCUT2D eigenvalue weighted by molar-refractivity contribution is 5.98. The summed E-state index contributed by atoms with van der Waals surface area (Å²) in [5, 5.41) is 2.77. The standard InChI is InChI=1S/C10H11NO2/c1-13-6-7-2-3-8-5-11-10(12)9(8)4-7/h2-4H,5-6H2,1H3,(H,11,12). The summed E-state index contributed by atoms with van der Waals surface area (Å²) < 4.78 is 4.99. The summed E-state index contributed by atoms with van der Waals surface area (Å²) in [5.41, 5.74) is 2.90. The van der Waals surface area contributed by atoms with Crippen LogP contribution in [0.15, 0.2) is 18.2 Å². The van der Waals surface area contributed by atoms with Crippen molar-refractivity contribution < 1.29 is 9.53 Å². The van der Waals surface area contributed by atoms with Crippen molar-refractivity contribution in [2.45, 2.75) is 13.2 Å². The maximum absolute atomic E-state index is 11.3. The third kappa shape index (κ3) is 1.42. The highest BCUT2D eigenvalue weighted by atomic mass is 16.5. The molecule has 13 heavy (non-hydrogen) atoms. The van der Waals surface area contributed by atoms with Crippen molar-refractivity contribution in [2.75, 3.05) is 7.11 Å². The Hall–Kier alpha value is -1.35. The van der Waals surface area contributed by atoms with Gasteiger partial charge in [-0.15, -0.1) is 0 Å². The van der Waals surface area contributed by atoms with E-state index in [1.54, 1.807) is 7.11 Å². The molecule has 68 valence electrons. The number of benzene rings is 1. The van der Waals surface area contributed by atoms with Crippen LogP contribution in [0.1, 0.15) is 21.5 Å². The quantitative estimate of drug-likeness (QED) is 0.734. The smallest absolute Gasteiger partial charge is 0.251 e. The summed E-state index contributed by atoms with van der Waals surface area (Å²) in [5.74, 6) is 0.0213. The maximum atomic E-state index is 11.3. The first-order valence-corrected chi connectivity index (χ1v) is 4.20. The van der Waals surface area contributed by atoms with Crippen LogP contribution in [0.5, 0.6) is 0 Å². The molecule has 0 atom stereocenters. The first kappa shape index (κ1) is 8.26. The van der Waals surface area contributed by atoms with Gasteiger partial charge in [-0.05, 0) is 17.2 Å². The topological polar surface area (TPSA) is 38.3 Å². The molecule has 1 aromatic carbocycles. The number of ether oxygens (including phenoxy) is 1. The van der Waals surface area contributed by atoms with E-state index in [0.29, 0.717) is 13.2 Å². The van der Waals surface area contributed by atoms with Gasteiger partial charge in [0, 0.05) is 19.2 Å². The number of carbonyl (C=O) groups is 1. The number of fused-ring (bicyclic) bond motifs is 1. The summed E-state index contributed by atoms with van der Waals surface area (Å²) in [7, 11) is 1.65. The van der Waals surface area contributed by atoms with Crippen LogP contribution in [0, 0.1) is 0 Å². The second-order valence-electron chi connectivity index (χ2n) is 3.11. The van der Waals surface area contributed by atoms with Crippen molar-refractivity contribution in [3.8, 4) is 0 Å². The molecule has 1 N–H and O–H groups in total. The molecule has 0 aromatic heterocycles. The van der Waals surface area contributed by atoms with Crippen molar-refractivity contribution in [1.29, 1.82) is 0 Å². The van der Waals surface area contributed by atoms with E-state index in [2.05, 4.69) is 5.32 Å². The van der Waals surface area contributed by atoms with Gasteiger partial charge in [0.15, 0.2) is 0 Å². The largest absolute Gasteiger partial charge is 0.380 e. The SMILES string of the molecule is COCc1ccc2c(c1)C(=O)NC2. The van der Waals surface area contributed by atoms with Crippen molar-refractivity contribution in [3.63, 3.8) is 0 Å². The van der Waals surface area contributed by atoms with Gasteiger partial charge in [0.25, 0.3) is 5.91 Å². The normalized spacial score (nSPS) is 14.1. The number of amides is 1. The van der Waals surface area contributed by atoms with E-state index in [4.69, 9.17) is 4.74 Å². The number of methoxy groups -OCH3 is 1. The third-order valence-corrected chi connectivity index (χ3v) is 2.17. The van der Waals surface area contributed by atoms with Gasteiger partial charge in [0.05, 0.1) is 6.61 Å². The second kappa shape index (κ2) is 3.18. The molecule has 2 rings (SSSR count). The number of rotatable bonds is 2. The van der Waals surface area contributed by atoms with Gasteiger partial charge in [0.1, 0.15) is 0 Å². The zero-order valence-electron chi connectivity index (χ0n) is 7.46. The first-order valence-electron chi connectivity index (χ1n) is 4.20. The van der Waals surface area contributed by atoms with Crippen molar-refractivity contribution in [2.24, 2.45) is 0 Å². The van der Waals surface area contributed by atoms with Crippen LogP contribution in [-0.4, -0.2) is 13.0 Å². The molecule has 0 aliphatic carbocycles. The lowest BCUT2D eigenvalue weighted by Crippen LogP contribution is -2.12. The maximum Gasteiger partial charge on any atom is 0.251 e. The van der Waals surface area contributed by atoms with E-state index in [1.165, 1.54) is 0 Å². The number of hydrogen-bond donors (Lipinski definition) is 1. The van der Waals surface area contributed by atoms with Crippen molar-refractivity contribution >= 4 is 5.91 Å². The van der Waals surface area contributed by atoms with Gasteiger partial charge in [-0.1, -0.05) is 12.1 Å². The van der Waals surface area contributed by atoms with Crippen molar-refractivity contribution in [3.05, 3.63) is 34.9 Å². The van der Waals surface area contributed by atoms with Gasteiger partial charge in [-0.3, -0.25) is 4.79 Å². The highest BCUT2D eigenvalue weighted by Crippen LogP contribution is 2.17. The van der Waals surface area contributed by atoms with Crippen LogP contribution in [0.3, 0.4) is 0 Å². The summed E-state index contributed by atoms with van der Waals surface area (Å²) in [6.45, 7) is 1.21. The van der Waals surface area contributed by atoms with E-state index in [0.717, 1.165) is 16.7 Å². The first-order chi connectivity index (χ1) is 6.31. The average Bonchev–Trinajstić information content (AvgIpc) is 2.49. The number of hydrogen-bond acceptors (Lipinski definition) is 2. The Morgan fingerprint density at radius 3 is 3.15 bits per heavy atom. The third-order valence-electron chi connectivity index (χ3n) is 2.17. The molecular weight excluding hydrogens is 166 g/mol. The Bertz CT molecular complexity index is 347. The Morgan fingerprint density at radius 1 is 1.54 bits per heavy atom. The summed E-state index contributed by atoms with van der Waals surface area (Å²) in [6.07, 6.45) is 0. The zero-order valence-corrected chi connectivity index (χ0v) is 7.46. The van der Waals surface area contributed by atoms with Gasteiger partial charge in [0.2, 0.25) is 0 Å². The molecule has 1 heterocycles. The van der Waals surface area contributed by atoms with E-state index in [-0.39, 0.29) is 5.91 Å². The predicted molar refractivity (Wildman–Crippen MR) is 48.3 cm³/mol. The fourth-order valence-corrected chi connectivity index (χ4v) is 1.52. The molecule has 0 bridgehead atoms. The molecule has 0 saturated carbocycles. The van der Waals surface area contributed by atoms with Crippen LogP contribution in [-0.2, 0) is 17.9 Å². The molecule has 0 fully saturated rings. The molecule has 0 spiro atoms. The Labute approximate surface area is 76.7 Å². The minimum absolute atomic E-state index is 0.0213. The van der Waals surface area contributed by atoms with Crippen LogP contribution in [0.25, 0.3) is 0 Å². The Kier molecular flexibility index (Phi) is 2.02. The molecule has 0 radical (unpaired) electrons. The minimum atomic E-state index is 0.0213. The minimum Gasteiger partial charge on any atom is -0.380 e. The van der Waals surface area contributed by atoms with Gasteiger partial charge in [-0.2, -0.15) is 0 Å². The lowest BCUT2D eigenvalue weighted by molar-refractivity contribution is 0.0965. The Morgan fingerprint density at radius 2 is 2.38 bits per heavy atom. The average molecular weight is 177 g/mol. The summed E-state index contributed by atoms with van der Waals surface area (Å²) in [4.78, 5) is 11.3. The number of nitrogens with one attached hydrogen (secondary N) is 1. The van der Waals surface area contributed by atoms with Crippen LogP contribution in [0.4, 0.5) is 0 Å². The van der Waals surface area contributed by atoms with Crippen LogP contribution in [0.2, 0.25) is 0 Å². The molecule has 1 aromatic rings. The molecule has 0 unspecified atom stereocenters. The molecule has 1 aliphatic rings. The van der Waals surface area contributed by atoms with Crippen LogP contribution >= 0.6 is 0 Å².